The second-order valence-corrected chi connectivity index (χ2v) is 3.87. The molecule has 0 saturated heterocycles. The highest BCUT2D eigenvalue weighted by Gasteiger charge is 2.16. The fourth-order valence-corrected chi connectivity index (χ4v) is 1.93. The number of aryl methyl sites for hydroxylation is 2. The zero-order valence-electron chi connectivity index (χ0n) is 7.81. The molecule has 0 aliphatic heterocycles. The van der Waals surface area contributed by atoms with Gasteiger partial charge < -0.3 is 5.73 Å². The third-order valence-electron chi connectivity index (χ3n) is 2.75. The molecule has 1 aromatic carbocycles. The van der Waals surface area contributed by atoms with Crippen molar-refractivity contribution in [2.24, 2.45) is 5.73 Å². The predicted molar refractivity (Wildman–Crippen MR) is 51.1 cm³/mol. The average molecular weight is 179 g/mol. The molecule has 0 bridgehead atoms. The number of hydrogen-bond acceptors (Lipinski definition) is 1. The summed E-state index contributed by atoms with van der Waals surface area (Å²) in [6.45, 7) is 1.81. The molecule has 0 heterocycles. The second kappa shape index (κ2) is 3.11. The van der Waals surface area contributed by atoms with E-state index in [1.807, 2.05) is 13.0 Å². The van der Waals surface area contributed by atoms with Crippen molar-refractivity contribution in [1.29, 1.82) is 0 Å². The molecule has 2 heteroatoms. The maximum atomic E-state index is 13.2. The van der Waals surface area contributed by atoms with Crippen molar-refractivity contribution >= 4 is 0 Å². The summed E-state index contributed by atoms with van der Waals surface area (Å²) in [5.74, 6) is -0.104. The van der Waals surface area contributed by atoms with E-state index in [1.165, 1.54) is 5.56 Å². The topological polar surface area (TPSA) is 26.0 Å². The van der Waals surface area contributed by atoms with Gasteiger partial charge in [0.15, 0.2) is 0 Å². The lowest BCUT2D eigenvalue weighted by Crippen LogP contribution is -2.28. The van der Waals surface area contributed by atoms with Crippen LogP contribution in [0.25, 0.3) is 0 Å². The largest absolute Gasteiger partial charge is 0.327 e. The van der Waals surface area contributed by atoms with Crippen LogP contribution in [-0.2, 0) is 12.8 Å². The minimum Gasteiger partial charge on any atom is -0.327 e. The molecule has 1 unspecified atom stereocenters. The molecule has 13 heavy (non-hydrogen) atoms. The highest BCUT2D eigenvalue weighted by molar-refractivity contribution is 5.35. The number of benzene rings is 1. The number of hydrogen-bond donors (Lipinski definition) is 1. The average Bonchev–Trinajstić information content (AvgIpc) is 2.08. The van der Waals surface area contributed by atoms with E-state index in [0.29, 0.717) is 0 Å². The first-order valence-electron chi connectivity index (χ1n) is 4.70. The van der Waals surface area contributed by atoms with Crippen LogP contribution in [0.2, 0.25) is 0 Å². The highest BCUT2D eigenvalue weighted by Crippen LogP contribution is 2.23. The Morgan fingerprint density at radius 3 is 2.92 bits per heavy atom. The molecule has 0 spiro atoms. The molecule has 1 nitrogen and oxygen atoms in total. The number of rotatable bonds is 0. The van der Waals surface area contributed by atoms with Crippen LogP contribution >= 0.6 is 0 Å². The van der Waals surface area contributed by atoms with Crippen LogP contribution in [0, 0.1) is 12.7 Å². The molecule has 1 atom stereocenters. The summed E-state index contributed by atoms with van der Waals surface area (Å²) in [4.78, 5) is 0. The van der Waals surface area contributed by atoms with Crippen molar-refractivity contribution in [2.45, 2.75) is 32.2 Å². The van der Waals surface area contributed by atoms with Crippen LogP contribution in [0.15, 0.2) is 12.1 Å². The van der Waals surface area contributed by atoms with E-state index in [0.717, 1.165) is 30.4 Å². The zero-order valence-corrected chi connectivity index (χ0v) is 7.81. The number of nitrogens with two attached hydrogens (primary N) is 1. The first-order valence-corrected chi connectivity index (χ1v) is 4.70. The van der Waals surface area contributed by atoms with Crippen LogP contribution in [-0.4, -0.2) is 6.04 Å². The summed E-state index contributed by atoms with van der Waals surface area (Å²) in [6.07, 6.45) is 2.85. The zero-order chi connectivity index (χ0) is 9.42. The first-order chi connectivity index (χ1) is 6.16. The third kappa shape index (κ3) is 1.59. The van der Waals surface area contributed by atoms with E-state index < -0.39 is 0 Å². The molecule has 2 rings (SSSR count). The molecule has 1 aliphatic rings. The van der Waals surface area contributed by atoms with Crippen molar-refractivity contribution in [3.8, 4) is 0 Å². The fraction of sp³-hybridized carbons (Fsp3) is 0.455. The summed E-state index contributed by atoms with van der Waals surface area (Å²) >= 11 is 0. The van der Waals surface area contributed by atoms with Crippen LogP contribution in [0.3, 0.4) is 0 Å². The Labute approximate surface area is 77.8 Å². The quantitative estimate of drug-likeness (QED) is 0.647. The van der Waals surface area contributed by atoms with Gasteiger partial charge in [-0.3, -0.25) is 0 Å². The van der Waals surface area contributed by atoms with Gasteiger partial charge in [-0.15, -0.1) is 0 Å². The molecular weight excluding hydrogens is 165 g/mol. The molecule has 0 aromatic heterocycles. The smallest absolute Gasteiger partial charge is 0.126 e. The lowest BCUT2D eigenvalue weighted by atomic mass is 9.87. The van der Waals surface area contributed by atoms with Crippen molar-refractivity contribution in [3.05, 3.63) is 34.6 Å². The summed E-state index contributed by atoms with van der Waals surface area (Å²) in [7, 11) is 0. The van der Waals surface area contributed by atoms with Gasteiger partial charge in [0.2, 0.25) is 0 Å². The maximum Gasteiger partial charge on any atom is 0.126 e. The van der Waals surface area contributed by atoms with E-state index in [-0.39, 0.29) is 11.9 Å². The molecule has 0 saturated carbocycles. The number of fused-ring (bicyclic) bond motifs is 1. The molecule has 0 radical (unpaired) electrons. The Bertz CT molecular complexity index is 333. The van der Waals surface area contributed by atoms with Gasteiger partial charge in [-0.05, 0) is 48.9 Å². The van der Waals surface area contributed by atoms with Crippen LogP contribution < -0.4 is 5.73 Å². The summed E-state index contributed by atoms with van der Waals surface area (Å²) in [5.41, 5.74) is 8.94. The second-order valence-electron chi connectivity index (χ2n) is 3.87. The molecular formula is C11H14FN. The Hall–Kier alpha value is -0.890. The lowest BCUT2D eigenvalue weighted by molar-refractivity contribution is 0.563. The molecule has 70 valence electrons. The van der Waals surface area contributed by atoms with Crippen LogP contribution in [0.4, 0.5) is 4.39 Å². The molecule has 1 aliphatic carbocycles. The van der Waals surface area contributed by atoms with Gasteiger partial charge in [0.25, 0.3) is 0 Å². The summed E-state index contributed by atoms with van der Waals surface area (Å²) < 4.78 is 13.2. The van der Waals surface area contributed by atoms with E-state index >= 15 is 0 Å². The van der Waals surface area contributed by atoms with Gasteiger partial charge in [0, 0.05) is 6.04 Å². The van der Waals surface area contributed by atoms with Crippen LogP contribution in [0.1, 0.15) is 23.1 Å². The van der Waals surface area contributed by atoms with Crippen LogP contribution in [0.5, 0.6) is 0 Å². The Balaban J connectivity index is 2.43. The predicted octanol–water partition coefficient (Wildman–Crippen LogP) is 1.95. The van der Waals surface area contributed by atoms with Gasteiger partial charge in [0.05, 0.1) is 0 Å². The standard InChI is InChI=1S/C11H14FN/c1-7-4-8-2-3-10(13)5-9(8)6-11(7)12/h4,6,10H,2-3,5,13H2,1H3. The first kappa shape index (κ1) is 8.70. The monoisotopic (exact) mass is 179 g/mol. The number of halogens is 1. The van der Waals surface area contributed by atoms with E-state index in [2.05, 4.69) is 0 Å². The fourth-order valence-electron chi connectivity index (χ4n) is 1.93. The van der Waals surface area contributed by atoms with Crippen molar-refractivity contribution in [3.63, 3.8) is 0 Å². The van der Waals surface area contributed by atoms with Gasteiger partial charge in [-0.1, -0.05) is 6.07 Å². The SMILES string of the molecule is Cc1cc2c(cc1F)CC(N)CC2. The van der Waals surface area contributed by atoms with E-state index in [4.69, 9.17) is 5.73 Å². The maximum absolute atomic E-state index is 13.2. The van der Waals surface area contributed by atoms with E-state index in [9.17, 15) is 4.39 Å². The Morgan fingerprint density at radius 1 is 1.38 bits per heavy atom. The van der Waals surface area contributed by atoms with E-state index in [1.54, 1.807) is 6.07 Å². The minimum atomic E-state index is -0.104. The summed E-state index contributed by atoms with van der Waals surface area (Å²) in [5, 5.41) is 0. The van der Waals surface area contributed by atoms with Gasteiger partial charge in [-0.2, -0.15) is 0 Å². The Morgan fingerprint density at radius 2 is 2.15 bits per heavy atom. The van der Waals surface area contributed by atoms with Gasteiger partial charge >= 0.3 is 0 Å². The van der Waals surface area contributed by atoms with Crippen molar-refractivity contribution in [1.82, 2.24) is 0 Å². The molecule has 2 N–H and O–H groups in total. The van der Waals surface area contributed by atoms with Crippen molar-refractivity contribution in [2.75, 3.05) is 0 Å². The lowest BCUT2D eigenvalue weighted by Gasteiger charge is -2.21. The summed E-state index contributed by atoms with van der Waals surface area (Å²) in [6, 6.07) is 3.81. The highest BCUT2D eigenvalue weighted by atomic mass is 19.1. The molecule has 0 amide bonds. The van der Waals surface area contributed by atoms with Gasteiger partial charge in [-0.25, -0.2) is 4.39 Å². The third-order valence-corrected chi connectivity index (χ3v) is 2.75. The normalized spacial score (nSPS) is 21.3. The Kier molecular flexibility index (Phi) is 2.08. The van der Waals surface area contributed by atoms with Crippen molar-refractivity contribution < 1.29 is 4.39 Å². The van der Waals surface area contributed by atoms with Gasteiger partial charge in [0.1, 0.15) is 5.82 Å². The minimum absolute atomic E-state index is 0.104. The molecule has 1 aromatic rings. The molecule has 0 fully saturated rings.